The largest absolute Gasteiger partial charge is 0.395 e. The van der Waals surface area contributed by atoms with E-state index in [4.69, 9.17) is 0 Å². The van der Waals surface area contributed by atoms with Gasteiger partial charge in [-0.25, -0.2) is 0 Å². The molecule has 3 aromatic rings. The molecule has 0 aliphatic carbocycles. The molecule has 2 fully saturated rings. The van der Waals surface area contributed by atoms with Gasteiger partial charge in [0.2, 0.25) is 0 Å². The molecule has 0 bridgehead atoms. The second-order valence-electron chi connectivity index (χ2n) is 8.76. The van der Waals surface area contributed by atoms with E-state index in [1.165, 1.54) is 16.7 Å². The van der Waals surface area contributed by atoms with E-state index in [0.717, 1.165) is 25.9 Å². The number of hydrogen-bond donors (Lipinski definition) is 1. The maximum absolute atomic E-state index is 13.2. The summed E-state index contributed by atoms with van der Waals surface area (Å²) in [7, 11) is 0. The molecule has 0 radical (unpaired) electrons. The summed E-state index contributed by atoms with van der Waals surface area (Å²) in [5.74, 6) is 0.288. The van der Waals surface area contributed by atoms with Crippen LogP contribution in [0.5, 0.6) is 0 Å². The number of aliphatic hydroxyl groups is 1. The Morgan fingerprint density at radius 2 is 1.59 bits per heavy atom. The second kappa shape index (κ2) is 9.23. The van der Waals surface area contributed by atoms with Crippen molar-refractivity contribution in [1.82, 2.24) is 14.8 Å². The minimum Gasteiger partial charge on any atom is -0.395 e. The van der Waals surface area contributed by atoms with E-state index >= 15 is 0 Å². The third-order valence-corrected chi connectivity index (χ3v) is 6.99. The van der Waals surface area contributed by atoms with Gasteiger partial charge in [0.15, 0.2) is 0 Å². The summed E-state index contributed by atoms with van der Waals surface area (Å²) in [6, 6.07) is 23.0. The molecule has 3 atom stereocenters. The molecular weight excluding hydrogens is 398 g/mol. The fourth-order valence-corrected chi connectivity index (χ4v) is 5.33. The number of pyridine rings is 1. The minimum atomic E-state index is 0.0693. The maximum Gasteiger partial charge on any atom is 0.254 e. The number of aromatic nitrogens is 1. The van der Waals surface area contributed by atoms with Crippen LogP contribution in [-0.4, -0.2) is 64.1 Å². The Balaban J connectivity index is 1.39. The minimum absolute atomic E-state index is 0.0693. The van der Waals surface area contributed by atoms with Crippen LogP contribution in [0.1, 0.15) is 34.7 Å². The Bertz CT molecular complexity index is 1040. The second-order valence-corrected chi connectivity index (χ2v) is 8.76. The monoisotopic (exact) mass is 427 g/mol. The number of hydrogen-bond acceptors (Lipinski definition) is 4. The van der Waals surface area contributed by atoms with Crippen LogP contribution in [-0.2, 0) is 0 Å². The Labute approximate surface area is 189 Å². The molecule has 5 nitrogen and oxygen atoms in total. The molecule has 164 valence electrons. The average molecular weight is 428 g/mol. The van der Waals surface area contributed by atoms with Crippen molar-refractivity contribution < 1.29 is 9.90 Å². The third kappa shape index (κ3) is 3.94. The van der Waals surface area contributed by atoms with Crippen LogP contribution in [0.15, 0.2) is 79.1 Å². The average Bonchev–Trinajstić information content (AvgIpc) is 2.84. The van der Waals surface area contributed by atoms with Crippen molar-refractivity contribution in [3.05, 3.63) is 90.3 Å². The van der Waals surface area contributed by atoms with Crippen LogP contribution in [0.25, 0.3) is 11.1 Å². The highest BCUT2D eigenvalue weighted by Crippen LogP contribution is 2.42. The molecule has 0 spiro atoms. The van der Waals surface area contributed by atoms with Gasteiger partial charge in [-0.3, -0.25) is 14.7 Å². The normalized spacial score (nSPS) is 23.5. The van der Waals surface area contributed by atoms with Crippen molar-refractivity contribution in [1.29, 1.82) is 0 Å². The first-order chi connectivity index (χ1) is 15.8. The van der Waals surface area contributed by atoms with Gasteiger partial charge in [0, 0.05) is 49.0 Å². The SMILES string of the molecule is O=C(c1ccncc1)N1CCCCN2[C@H](CO)[C@@H](c3ccc(-c4ccccc4)cc3)[C@H]2C1. The van der Waals surface area contributed by atoms with Crippen LogP contribution in [0.3, 0.4) is 0 Å². The van der Waals surface area contributed by atoms with E-state index in [9.17, 15) is 9.90 Å². The lowest BCUT2D eigenvalue weighted by atomic mass is 9.74. The molecule has 2 aliphatic heterocycles. The zero-order valence-electron chi connectivity index (χ0n) is 18.2. The van der Waals surface area contributed by atoms with Gasteiger partial charge in [-0.05, 0) is 48.2 Å². The quantitative estimate of drug-likeness (QED) is 0.688. The number of carbonyl (C=O) groups excluding carboxylic acids is 1. The molecule has 32 heavy (non-hydrogen) atoms. The predicted octanol–water partition coefficient (Wildman–Crippen LogP) is 3.81. The molecule has 1 aromatic heterocycles. The fraction of sp³-hybridized carbons (Fsp3) is 0.333. The molecule has 1 amide bonds. The Hall–Kier alpha value is -3.02. The summed E-state index contributed by atoms with van der Waals surface area (Å²) in [6.45, 7) is 2.57. The first-order valence-corrected chi connectivity index (χ1v) is 11.5. The molecule has 2 aliphatic rings. The zero-order chi connectivity index (χ0) is 21.9. The van der Waals surface area contributed by atoms with E-state index in [1.54, 1.807) is 24.5 Å². The van der Waals surface area contributed by atoms with E-state index < -0.39 is 0 Å². The summed E-state index contributed by atoms with van der Waals surface area (Å²) >= 11 is 0. The standard InChI is InChI=1S/C27H29N3O2/c31-19-25-26(22-10-8-21(9-11-22)20-6-2-1-3-7-20)24-18-29(16-4-5-17-30(24)25)27(32)23-12-14-28-15-13-23/h1-3,6-15,24-26,31H,4-5,16-19H2/t24-,25-,26+/m1/s1. The Kier molecular flexibility index (Phi) is 6.02. The Morgan fingerprint density at radius 3 is 2.31 bits per heavy atom. The predicted molar refractivity (Wildman–Crippen MR) is 125 cm³/mol. The van der Waals surface area contributed by atoms with E-state index in [1.807, 2.05) is 11.0 Å². The topological polar surface area (TPSA) is 56.7 Å². The zero-order valence-corrected chi connectivity index (χ0v) is 18.2. The third-order valence-electron chi connectivity index (χ3n) is 6.99. The van der Waals surface area contributed by atoms with Gasteiger partial charge in [0.05, 0.1) is 6.61 Å². The van der Waals surface area contributed by atoms with Gasteiger partial charge in [-0.1, -0.05) is 54.6 Å². The molecule has 0 unspecified atom stereocenters. The number of fused-ring (bicyclic) bond motifs is 1. The van der Waals surface area contributed by atoms with Crippen molar-refractivity contribution in [2.24, 2.45) is 0 Å². The van der Waals surface area contributed by atoms with Crippen LogP contribution in [0, 0.1) is 0 Å². The summed E-state index contributed by atoms with van der Waals surface area (Å²) in [6.07, 6.45) is 5.36. The van der Waals surface area contributed by atoms with Crippen molar-refractivity contribution in [2.45, 2.75) is 30.8 Å². The van der Waals surface area contributed by atoms with Crippen molar-refractivity contribution in [3.8, 4) is 11.1 Å². The summed E-state index contributed by atoms with van der Waals surface area (Å²) in [5.41, 5.74) is 4.32. The van der Waals surface area contributed by atoms with Crippen LogP contribution < -0.4 is 0 Å². The smallest absolute Gasteiger partial charge is 0.254 e. The first kappa shape index (κ1) is 20.9. The van der Waals surface area contributed by atoms with Gasteiger partial charge in [-0.15, -0.1) is 0 Å². The number of aliphatic hydroxyl groups excluding tert-OH is 1. The van der Waals surface area contributed by atoms with E-state index in [0.29, 0.717) is 12.1 Å². The number of carbonyl (C=O) groups is 1. The maximum atomic E-state index is 13.2. The van der Waals surface area contributed by atoms with Crippen molar-refractivity contribution in [2.75, 3.05) is 26.2 Å². The highest BCUT2D eigenvalue weighted by molar-refractivity contribution is 5.94. The molecule has 0 saturated carbocycles. The van der Waals surface area contributed by atoms with Crippen LogP contribution in [0.2, 0.25) is 0 Å². The molecule has 2 aromatic carbocycles. The van der Waals surface area contributed by atoms with Gasteiger partial charge < -0.3 is 10.0 Å². The molecule has 1 N–H and O–H groups in total. The Morgan fingerprint density at radius 1 is 0.906 bits per heavy atom. The molecule has 5 heteroatoms. The number of rotatable bonds is 4. The van der Waals surface area contributed by atoms with Gasteiger partial charge in [-0.2, -0.15) is 0 Å². The van der Waals surface area contributed by atoms with Crippen molar-refractivity contribution in [3.63, 3.8) is 0 Å². The number of benzene rings is 2. The highest BCUT2D eigenvalue weighted by atomic mass is 16.3. The molecular formula is C27H29N3O2. The van der Waals surface area contributed by atoms with Gasteiger partial charge in [0.25, 0.3) is 5.91 Å². The van der Waals surface area contributed by atoms with E-state index in [2.05, 4.69) is 58.4 Å². The molecule has 5 rings (SSSR count). The molecule has 2 saturated heterocycles. The first-order valence-electron chi connectivity index (χ1n) is 11.5. The lowest BCUT2D eigenvalue weighted by Crippen LogP contribution is -2.67. The van der Waals surface area contributed by atoms with E-state index in [-0.39, 0.29) is 30.5 Å². The van der Waals surface area contributed by atoms with Gasteiger partial charge in [0.1, 0.15) is 0 Å². The lowest BCUT2D eigenvalue weighted by molar-refractivity contribution is -0.0606. The van der Waals surface area contributed by atoms with Gasteiger partial charge >= 0.3 is 0 Å². The molecule has 3 heterocycles. The number of amides is 1. The summed E-state index contributed by atoms with van der Waals surface area (Å²) < 4.78 is 0. The lowest BCUT2D eigenvalue weighted by Gasteiger charge is -2.57. The fourth-order valence-electron chi connectivity index (χ4n) is 5.33. The van der Waals surface area contributed by atoms with Crippen molar-refractivity contribution >= 4 is 5.91 Å². The summed E-state index contributed by atoms with van der Waals surface area (Å²) in [5, 5.41) is 10.2. The summed E-state index contributed by atoms with van der Waals surface area (Å²) in [4.78, 5) is 21.6. The van der Waals surface area contributed by atoms with Crippen LogP contribution in [0.4, 0.5) is 0 Å². The highest BCUT2D eigenvalue weighted by Gasteiger charge is 2.49. The van der Waals surface area contributed by atoms with Crippen LogP contribution >= 0.6 is 0 Å². The number of nitrogens with zero attached hydrogens (tertiary/aromatic N) is 3.